The van der Waals surface area contributed by atoms with E-state index in [0.29, 0.717) is 23.8 Å². The van der Waals surface area contributed by atoms with Crippen LogP contribution in [0.5, 0.6) is 0 Å². The van der Waals surface area contributed by atoms with Gasteiger partial charge in [-0.3, -0.25) is 4.90 Å². The molecule has 0 N–H and O–H groups in total. The summed E-state index contributed by atoms with van der Waals surface area (Å²) in [5, 5.41) is 0. The highest BCUT2D eigenvalue weighted by Gasteiger charge is 2.34. The number of hydrogen-bond acceptors (Lipinski definition) is 3. The number of rotatable bonds is 6. The summed E-state index contributed by atoms with van der Waals surface area (Å²) in [4.78, 5) is 5.26. The molecule has 0 aromatic rings. The Bertz CT molecular complexity index is 359. The zero-order valence-corrected chi connectivity index (χ0v) is 19.2. The Morgan fingerprint density at radius 3 is 2.08 bits per heavy atom. The van der Waals surface area contributed by atoms with Gasteiger partial charge >= 0.3 is 0 Å². The van der Waals surface area contributed by atoms with Crippen molar-refractivity contribution in [2.75, 3.05) is 26.2 Å². The highest BCUT2D eigenvalue weighted by atomic mass is 16.5. The highest BCUT2D eigenvalue weighted by Crippen LogP contribution is 2.26. The molecule has 1 aliphatic carbocycles. The minimum absolute atomic E-state index is 0.347. The monoisotopic (exact) mass is 368 g/mol. The third-order valence-corrected chi connectivity index (χ3v) is 5.92. The van der Waals surface area contributed by atoms with Gasteiger partial charge in [-0.2, -0.15) is 0 Å². The third kappa shape index (κ3) is 8.71. The van der Waals surface area contributed by atoms with Gasteiger partial charge < -0.3 is 9.64 Å². The maximum absolute atomic E-state index is 5.74. The number of nitrogens with zero attached hydrogens (tertiary/aromatic N) is 2. The van der Waals surface area contributed by atoms with E-state index < -0.39 is 0 Å². The van der Waals surface area contributed by atoms with E-state index in [2.05, 4.69) is 65.2 Å². The topological polar surface area (TPSA) is 15.7 Å². The Morgan fingerprint density at radius 2 is 1.62 bits per heavy atom. The summed E-state index contributed by atoms with van der Waals surface area (Å²) in [6.45, 7) is 23.2. The van der Waals surface area contributed by atoms with E-state index in [4.69, 9.17) is 4.74 Å². The molecule has 3 nitrogen and oxygen atoms in total. The number of ether oxygens (including phenoxy) is 1. The van der Waals surface area contributed by atoms with Gasteiger partial charge in [0.1, 0.15) is 0 Å². The molecule has 0 aromatic heterocycles. The predicted molar refractivity (Wildman–Crippen MR) is 115 cm³/mol. The maximum atomic E-state index is 5.74. The van der Waals surface area contributed by atoms with E-state index in [1.54, 1.807) is 0 Å². The molecule has 156 valence electrons. The Kier molecular flexibility index (Phi) is 10.7. The van der Waals surface area contributed by atoms with Gasteiger partial charge in [0.25, 0.3) is 0 Å². The molecule has 0 spiro atoms. The van der Waals surface area contributed by atoms with E-state index >= 15 is 0 Å². The first-order valence-electron chi connectivity index (χ1n) is 11.3. The third-order valence-electron chi connectivity index (χ3n) is 5.92. The Morgan fingerprint density at radius 1 is 1.00 bits per heavy atom. The smallest absolute Gasteiger partial charge is 0.0578 e. The fraction of sp³-hybridized carbons (Fsp3) is 1.00. The second-order valence-electron chi connectivity index (χ2n) is 9.80. The Balaban J connectivity index is 0.000000273. The molecule has 2 aliphatic rings. The average molecular weight is 369 g/mol. The molecule has 2 fully saturated rings. The first-order chi connectivity index (χ1) is 12.2. The van der Waals surface area contributed by atoms with Crippen LogP contribution in [0.4, 0.5) is 0 Å². The standard InChI is InChI=1S/C13H28N2.C10H20O/c1-6-7-8-14-9-10-15(12(2)3)13(4,5)11-14;1-8(2)11-10-6-4-9(3)5-7-10/h12H,6-11H2,1-5H3;8-10H,4-7H2,1-3H3. The lowest BCUT2D eigenvalue weighted by Crippen LogP contribution is -2.61. The van der Waals surface area contributed by atoms with Crippen molar-refractivity contribution in [1.82, 2.24) is 9.80 Å². The summed E-state index contributed by atoms with van der Waals surface area (Å²) in [7, 11) is 0. The summed E-state index contributed by atoms with van der Waals surface area (Å²) in [5.74, 6) is 0.932. The van der Waals surface area contributed by atoms with Gasteiger partial charge in [0.15, 0.2) is 0 Å². The Hall–Kier alpha value is -0.120. The van der Waals surface area contributed by atoms with Crippen molar-refractivity contribution >= 4 is 0 Å². The number of piperazine rings is 1. The van der Waals surface area contributed by atoms with Crippen LogP contribution in [-0.4, -0.2) is 59.8 Å². The van der Waals surface area contributed by atoms with Crippen molar-refractivity contribution in [3.8, 4) is 0 Å². The van der Waals surface area contributed by atoms with Crippen LogP contribution in [0.2, 0.25) is 0 Å². The molecule has 26 heavy (non-hydrogen) atoms. The van der Waals surface area contributed by atoms with Gasteiger partial charge in [-0.25, -0.2) is 0 Å². The van der Waals surface area contributed by atoms with Crippen LogP contribution in [0.1, 0.15) is 93.9 Å². The number of hydrogen-bond donors (Lipinski definition) is 0. The van der Waals surface area contributed by atoms with Gasteiger partial charge in [0.2, 0.25) is 0 Å². The van der Waals surface area contributed by atoms with Crippen molar-refractivity contribution in [2.45, 2.75) is 118 Å². The summed E-state index contributed by atoms with van der Waals surface area (Å²) in [6.07, 6.45) is 8.90. The van der Waals surface area contributed by atoms with Crippen molar-refractivity contribution in [2.24, 2.45) is 5.92 Å². The van der Waals surface area contributed by atoms with Crippen LogP contribution < -0.4 is 0 Å². The van der Waals surface area contributed by atoms with Gasteiger partial charge in [-0.15, -0.1) is 0 Å². The molecule has 3 heteroatoms. The molecule has 0 amide bonds. The fourth-order valence-electron chi connectivity index (χ4n) is 4.55. The maximum Gasteiger partial charge on any atom is 0.0578 e. The molecule has 0 radical (unpaired) electrons. The van der Waals surface area contributed by atoms with Crippen LogP contribution in [-0.2, 0) is 4.74 Å². The minimum Gasteiger partial charge on any atom is -0.376 e. The van der Waals surface area contributed by atoms with Gasteiger partial charge in [0.05, 0.1) is 12.2 Å². The molecule has 2 rings (SSSR count). The molecule has 1 saturated heterocycles. The second-order valence-corrected chi connectivity index (χ2v) is 9.80. The van der Waals surface area contributed by atoms with Crippen molar-refractivity contribution in [1.29, 1.82) is 0 Å². The van der Waals surface area contributed by atoms with Crippen LogP contribution in [0.25, 0.3) is 0 Å². The van der Waals surface area contributed by atoms with Crippen molar-refractivity contribution in [3.05, 3.63) is 0 Å². The van der Waals surface area contributed by atoms with Crippen LogP contribution in [0, 0.1) is 5.92 Å². The molecule has 1 heterocycles. The zero-order valence-electron chi connectivity index (χ0n) is 19.2. The van der Waals surface area contributed by atoms with Crippen LogP contribution in [0.15, 0.2) is 0 Å². The van der Waals surface area contributed by atoms with Crippen LogP contribution in [0.3, 0.4) is 0 Å². The summed E-state index contributed by atoms with van der Waals surface area (Å²) >= 11 is 0. The molecule has 1 aliphatic heterocycles. The fourth-order valence-corrected chi connectivity index (χ4v) is 4.55. The molecule has 0 atom stereocenters. The van der Waals surface area contributed by atoms with Gasteiger partial charge in [-0.1, -0.05) is 20.3 Å². The molecular weight excluding hydrogens is 320 g/mol. The first kappa shape index (κ1) is 23.9. The van der Waals surface area contributed by atoms with E-state index in [1.165, 1.54) is 64.7 Å². The molecule has 0 bridgehead atoms. The molecule has 0 unspecified atom stereocenters. The van der Waals surface area contributed by atoms with E-state index in [9.17, 15) is 0 Å². The van der Waals surface area contributed by atoms with Crippen LogP contribution >= 0.6 is 0 Å². The quantitative estimate of drug-likeness (QED) is 0.608. The molecular formula is C23H48N2O. The zero-order chi connectivity index (χ0) is 19.7. The first-order valence-corrected chi connectivity index (χ1v) is 11.3. The molecule has 0 aromatic carbocycles. The number of unbranched alkanes of at least 4 members (excludes halogenated alkanes) is 1. The highest BCUT2D eigenvalue weighted by molar-refractivity contribution is 4.91. The van der Waals surface area contributed by atoms with Gasteiger partial charge in [0, 0.05) is 31.2 Å². The van der Waals surface area contributed by atoms with Crippen molar-refractivity contribution < 1.29 is 4.74 Å². The second kappa shape index (κ2) is 11.7. The average Bonchev–Trinajstić information content (AvgIpc) is 2.54. The predicted octanol–water partition coefficient (Wildman–Crippen LogP) is 5.58. The Labute approximate surface area is 164 Å². The van der Waals surface area contributed by atoms with E-state index in [0.717, 1.165) is 5.92 Å². The molecule has 1 saturated carbocycles. The summed E-state index contributed by atoms with van der Waals surface area (Å²) < 4.78 is 5.74. The van der Waals surface area contributed by atoms with Crippen molar-refractivity contribution in [3.63, 3.8) is 0 Å². The largest absolute Gasteiger partial charge is 0.376 e. The SMILES string of the molecule is CC1CCC(OC(C)C)CC1.CCCCN1CCN(C(C)C)C(C)(C)C1. The van der Waals surface area contributed by atoms with E-state index in [-0.39, 0.29) is 0 Å². The summed E-state index contributed by atoms with van der Waals surface area (Å²) in [6, 6.07) is 0.674. The lowest BCUT2D eigenvalue weighted by molar-refractivity contribution is -0.0183. The van der Waals surface area contributed by atoms with Gasteiger partial charge in [-0.05, 0) is 86.1 Å². The lowest BCUT2D eigenvalue weighted by Gasteiger charge is -2.49. The minimum atomic E-state index is 0.347. The van der Waals surface area contributed by atoms with E-state index in [1.807, 2.05) is 0 Å². The lowest BCUT2D eigenvalue weighted by atomic mass is 9.89. The summed E-state index contributed by atoms with van der Waals surface area (Å²) in [5.41, 5.74) is 0.347. The normalized spacial score (nSPS) is 27.5.